The number of benzene rings is 1. The minimum absolute atomic E-state index is 0.366. The van der Waals surface area contributed by atoms with Gasteiger partial charge in [-0.05, 0) is 5.56 Å². The van der Waals surface area contributed by atoms with Gasteiger partial charge in [-0.2, -0.15) is 4.49 Å². The van der Waals surface area contributed by atoms with Gasteiger partial charge >= 0.3 is 15.6 Å². The Balaban J connectivity index is 2.34. The van der Waals surface area contributed by atoms with E-state index >= 15 is 0 Å². The van der Waals surface area contributed by atoms with Gasteiger partial charge in [-0.3, -0.25) is 0 Å². The van der Waals surface area contributed by atoms with E-state index < -0.39 is 15.6 Å². The third-order valence-electron chi connectivity index (χ3n) is 1.49. The first-order valence-corrected chi connectivity index (χ1v) is 8.57. The summed E-state index contributed by atoms with van der Waals surface area (Å²) in [7, 11) is -9.38. The van der Waals surface area contributed by atoms with Crippen LogP contribution in [0.1, 0.15) is 5.56 Å². The molecular formula is C7H11NO7P2S. The van der Waals surface area contributed by atoms with Crippen molar-refractivity contribution < 1.29 is 33.2 Å². The maximum Gasteiger partial charge on any atom is 0.497 e. The molecule has 0 bridgehead atoms. The first-order valence-electron chi connectivity index (χ1n) is 4.48. The van der Waals surface area contributed by atoms with Crippen molar-refractivity contribution in [3.05, 3.63) is 35.9 Å². The van der Waals surface area contributed by atoms with Gasteiger partial charge in [0, 0.05) is 5.75 Å². The van der Waals surface area contributed by atoms with Crippen molar-refractivity contribution >= 4 is 27.5 Å². The Morgan fingerprint density at radius 2 is 1.72 bits per heavy atom. The standard InChI is InChI=1S/C7H11NO7P2S/c9-16(10,14-15-17(11,12)13)8-18-6-7-4-2-1-3-5-7/h1-5H,6H2,(H2,8,9,10)(H2,11,12,13). The Bertz CT molecular complexity index is 464. The molecule has 0 radical (unpaired) electrons. The van der Waals surface area contributed by atoms with Crippen LogP contribution in [0.3, 0.4) is 0 Å². The van der Waals surface area contributed by atoms with Crippen molar-refractivity contribution in [3.8, 4) is 0 Å². The summed E-state index contributed by atoms with van der Waals surface area (Å²) in [4.78, 5) is 25.7. The second-order valence-corrected chi connectivity index (χ2v) is 6.65. The Kier molecular flexibility index (Phi) is 6.00. The highest BCUT2D eigenvalue weighted by molar-refractivity contribution is 8.01. The highest BCUT2D eigenvalue weighted by Gasteiger charge is 2.26. The lowest BCUT2D eigenvalue weighted by molar-refractivity contribution is -0.131. The third kappa shape index (κ3) is 7.27. The summed E-state index contributed by atoms with van der Waals surface area (Å²) in [6.07, 6.45) is 0. The molecule has 0 aromatic heterocycles. The fourth-order valence-electron chi connectivity index (χ4n) is 0.875. The quantitative estimate of drug-likeness (QED) is 0.257. The fourth-order valence-corrected chi connectivity index (χ4v) is 2.98. The summed E-state index contributed by atoms with van der Waals surface area (Å²) in [6.45, 7) is 0. The monoisotopic (exact) mass is 315 g/mol. The predicted molar refractivity (Wildman–Crippen MR) is 64.9 cm³/mol. The van der Waals surface area contributed by atoms with Gasteiger partial charge in [0.05, 0.1) is 0 Å². The second kappa shape index (κ2) is 6.81. The number of rotatable bonds is 7. The summed E-state index contributed by atoms with van der Waals surface area (Å²) in [5.41, 5.74) is 0.894. The zero-order valence-corrected chi connectivity index (χ0v) is 11.5. The molecule has 0 amide bonds. The van der Waals surface area contributed by atoms with Gasteiger partial charge in [0.25, 0.3) is 0 Å². The van der Waals surface area contributed by atoms with E-state index in [1.165, 1.54) is 0 Å². The molecule has 1 aromatic carbocycles. The first kappa shape index (κ1) is 15.8. The van der Waals surface area contributed by atoms with E-state index in [2.05, 4.69) is 9.35 Å². The van der Waals surface area contributed by atoms with Crippen LogP contribution in [0.2, 0.25) is 0 Å². The Hall–Kier alpha value is -0.210. The molecule has 0 aliphatic rings. The van der Waals surface area contributed by atoms with E-state index in [0.29, 0.717) is 5.75 Å². The maximum atomic E-state index is 11.2. The predicted octanol–water partition coefficient (Wildman–Crippen LogP) is 1.57. The van der Waals surface area contributed by atoms with Crippen LogP contribution in [-0.4, -0.2) is 14.7 Å². The van der Waals surface area contributed by atoms with Crippen molar-refractivity contribution in [3.63, 3.8) is 0 Å². The van der Waals surface area contributed by atoms with Crippen LogP contribution in [0.15, 0.2) is 30.3 Å². The topological polar surface area (TPSA) is 125 Å². The Morgan fingerprint density at radius 3 is 2.28 bits per heavy atom. The van der Waals surface area contributed by atoms with Gasteiger partial charge < -0.3 is 14.7 Å². The summed E-state index contributed by atoms with van der Waals surface area (Å²) in [5.74, 6) is 0.366. The van der Waals surface area contributed by atoms with Crippen LogP contribution in [-0.2, 0) is 24.2 Å². The molecule has 1 rings (SSSR count). The molecule has 8 nitrogen and oxygen atoms in total. The first-order chi connectivity index (χ1) is 8.29. The van der Waals surface area contributed by atoms with Gasteiger partial charge in [-0.25, -0.2) is 9.13 Å². The lowest BCUT2D eigenvalue weighted by Gasteiger charge is -2.11. The fraction of sp³-hybridized carbons (Fsp3) is 0.143. The highest BCUT2D eigenvalue weighted by atomic mass is 32.2. The zero-order valence-electron chi connectivity index (χ0n) is 8.87. The molecule has 1 atom stereocenters. The molecule has 11 heteroatoms. The molecule has 18 heavy (non-hydrogen) atoms. The molecular weight excluding hydrogens is 304 g/mol. The molecule has 0 spiro atoms. The molecule has 0 aliphatic carbocycles. The van der Waals surface area contributed by atoms with Crippen molar-refractivity contribution in [1.82, 2.24) is 4.49 Å². The van der Waals surface area contributed by atoms with Gasteiger partial charge in [0.2, 0.25) is 0 Å². The van der Waals surface area contributed by atoms with Crippen LogP contribution in [0.5, 0.6) is 0 Å². The molecule has 0 fully saturated rings. The highest BCUT2D eigenvalue weighted by Crippen LogP contribution is 2.47. The molecule has 0 aliphatic heterocycles. The number of nitrogens with one attached hydrogen (secondary N) is 1. The lowest BCUT2D eigenvalue weighted by atomic mass is 10.2. The van der Waals surface area contributed by atoms with Crippen LogP contribution < -0.4 is 4.49 Å². The van der Waals surface area contributed by atoms with Gasteiger partial charge in [0.15, 0.2) is 0 Å². The minimum Gasteiger partial charge on any atom is -0.310 e. The van der Waals surface area contributed by atoms with Crippen LogP contribution >= 0.6 is 27.5 Å². The van der Waals surface area contributed by atoms with Crippen molar-refractivity contribution in [1.29, 1.82) is 0 Å². The minimum atomic E-state index is -4.96. The number of phosphoric acid groups is 1. The van der Waals surface area contributed by atoms with E-state index in [4.69, 9.17) is 14.7 Å². The van der Waals surface area contributed by atoms with Crippen LogP contribution in [0.4, 0.5) is 0 Å². The molecule has 0 saturated heterocycles. The summed E-state index contributed by atoms with van der Waals surface area (Å²) < 4.78 is 30.7. The summed E-state index contributed by atoms with van der Waals surface area (Å²) in [6, 6.07) is 9.06. The van der Waals surface area contributed by atoms with E-state index in [-0.39, 0.29) is 0 Å². The smallest absolute Gasteiger partial charge is 0.310 e. The van der Waals surface area contributed by atoms with E-state index in [1.807, 2.05) is 34.8 Å². The van der Waals surface area contributed by atoms with E-state index in [1.54, 1.807) is 0 Å². The van der Waals surface area contributed by atoms with Crippen molar-refractivity contribution in [2.75, 3.05) is 0 Å². The average Bonchev–Trinajstić information content (AvgIpc) is 2.27. The second-order valence-electron chi connectivity index (χ2n) is 3.03. The zero-order chi connectivity index (χ0) is 13.6. The molecule has 4 N–H and O–H groups in total. The van der Waals surface area contributed by atoms with Gasteiger partial charge in [-0.15, -0.1) is 9.35 Å². The average molecular weight is 315 g/mol. The SMILES string of the molecule is O=P(O)(O)OOP(=O)(O)NSCc1ccccc1. The largest absolute Gasteiger partial charge is 0.497 e. The molecule has 102 valence electrons. The van der Waals surface area contributed by atoms with Gasteiger partial charge in [-0.1, -0.05) is 42.3 Å². The Labute approximate surface area is 107 Å². The normalized spacial score (nSPS) is 15.3. The van der Waals surface area contributed by atoms with Gasteiger partial charge in [0.1, 0.15) is 0 Å². The number of hydrogen-bond acceptors (Lipinski definition) is 5. The molecule has 0 saturated carbocycles. The van der Waals surface area contributed by atoms with Crippen LogP contribution in [0.25, 0.3) is 0 Å². The van der Waals surface area contributed by atoms with Crippen LogP contribution in [0, 0.1) is 0 Å². The third-order valence-corrected chi connectivity index (χ3v) is 4.07. The lowest BCUT2D eigenvalue weighted by Crippen LogP contribution is -2.04. The summed E-state index contributed by atoms with van der Waals surface area (Å²) in [5, 5.41) is 0. The maximum absolute atomic E-state index is 11.2. The molecule has 1 unspecified atom stereocenters. The molecule has 1 aromatic rings. The number of hydrogen-bond donors (Lipinski definition) is 4. The van der Waals surface area contributed by atoms with E-state index in [0.717, 1.165) is 17.5 Å². The molecule has 0 heterocycles. The van der Waals surface area contributed by atoms with E-state index in [9.17, 15) is 9.13 Å². The van der Waals surface area contributed by atoms with Crippen molar-refractivity contribution in [2.24, 2.45) is 0 Å². The van der Waals surface area contributed by atoms with Crippen molar-refractivity contribution in [2.45, 2.75) is 5.75 Å². The summed E-state index contributed by atoms with van der Waals surface area (Å²) >= 11 is 0.843. The Morgan fingerprint density at radius 1 is 1.11 bits per heavy atom.